The molecule has 0 radical (unpaired) electrons. The molecule has 0 bridgehead atoms. The minimum atomic E-state index is -2.79. The lowest BCUT2D eigenvalue weighted by molar-refractivity contribution is -0.908. The fourth-order valence-corrected chi connectivity index (χ4v) is 0.665. The summed E-state index contributed by atoms with van der Waals surface area (Å²) in [6, 6.07) is 0. The van der Waals surface area contributed by atoms with E-state index >= 15 is 0 Å². The topological polar surface area (TPSA) is 40.5 Å². The number of nitrogens with zero attached hydrogens (tertiary/aromatic N) is 1. The van der Waals surface area contributed by atoms with Gasteiger partial charge in [-0.3, -0.25) is 0 Å². The zero-order chi connectivity index (χ0) is 12.3. The Morgan fingerprint density at radius 2 is 1.82 bits per heavy atom. The third-order valence-electron chi connectivity index (χ3n) is 1.46. The number of rotatable bonds is 5. The Labute approximate surface area is 86.0 Å². The van der Waals surface area contributed by atoms with Crippen molar-refractivity contribution >= 4 is 0 Å². The maximum atomic E-state index is 8.81. The molecule has 0 aromatic heterocycles. The quantitative estimate of drug-likeness (QED) is 0.483. The van der Waals surface area contributed by atoms with Gasteiger partial charge in [-0.1, -0.05) is 0 Å². The van der Waals surface area contributed by atoms with E-state index in [1.165, 1.54) is 7.05 Å². The molecule has 2 N–H and O–H groups in total. The van der Waals surface area contributed by atoms with Crippen LogP contribution in [0.3, 0.4) is 0 Å². The first-order valence-corrected chi connectivity index (χ1v) is 3.19. The molecule has 0 saturated carbocycles. The van der Waals surface area contributed by atoms with E-state index in [-0.39, 0.29) is 43.3 Å². The van der Waals surface area contributed by atoms with Gasteiger partial charge in [0.05, 0.1) is 29.5 Å². The normalized spacial score (nSPS) is 20.1. The average Bonchev–Trinajstić information content (AvgIpc) is 2.02. The van der Waals surface area contributed by atoms with Crippen molar-refractivity contribution in [2.45, 2.75) is 6.85 Å². The molecule has 3 nitrogen and oxygen atoms in total. The second-order valence-electron chi connectivity index (χ2n) is 2.40. The van der Waals surface area contributed by atoms with E-state index in [9.17, 15) is 0 Å². The first-order valence-electron chi connectivity index (χ1n) is 5.69. The van der Waals surface area contributed by atoms with Gasteiger partial charge in [-0.25, -0.2) is 0 Å². The Bertz CT molecular complexity index is 205. The molecule has 0 saturated heterocycles. The van der Waals surface area contributed by atoms with E-state index in [1.54, 1.807) is 0 Å². The average molecular weight is 233 g/mol. The van der Waals surface area contributed by atoms with E-state index in [4.69, 9.17) is 17.1 Å². The Morgan fingerprint density at radius 3 is 2.09 bits per heavy atom. The third kappa shape index (κ3) is 5.61. The molecule has 70 valence electrons. The summed E-state index contributed by atoms with van der Waals surface area (Å²) in [5.74, 6) is 0. The lowest BCUT2D eigenvalue weighted by Crippen LogP contribution is -3.00. The molecule has 0 amide bonds. The van der Waals surface area contributed by atoms with Crippen molar-refractivity contribution in [2.75, 3.05) is 39.8 Å². The summed E-state index contributed by atoms with van der Waals surface area (Å²) >= 11 is 0. The van der Waals surface area contributed by atoms with Gasteiger partial charge in [0.25, 0.3) is 0 Å². The molecule has 0 aliphatic rings. The zero-order valence-electron chi connectivity index (χ0n) is 11.5. The summed E-state index contributed by atoms with van der Waals surface area (Å²) in [6.07, 6.45) is 0. The van der Waals surface area contributed by atoms with E-state index in [0.29, 0.717) is 0 Å². The third-order valence-corrected chi connectivity index (χ3v) is 1.46. The molecule has 0 atom stereocenters. The molecule has 0 aliphatic heterocycles. The van der Waals surface area contributed by atoms with Crippen molar-refractivity contribution in [3.05, 3.63) is 0 Å². The summed E-state index contributed by atoms with van der Waals surface area (Å²) in [4.78, 5) is 0. The van der Waals surface area contributed by atoms with Gasteiger partial charge in [0.2, 0.25) is 0 Å². The first-order chi connectivity index (χ1) is 6.62. The predicted molar refractivity (Wildman–Crippen MR) is 40.6 cm³/mol. The minimum Gasteiger partial charge on any atom is -1.00 e. The molecule has 0 spiro atoms. The molecule has 4 heteroatoms. The molecule has 11 heavy (non-hydrogen) atoms. The maximum absolute atomic E-state index is 8.81. The van der Waals surface area contributed by atoms with E-state index in [1.807, 2.05) is 0 Å². The highest BCUT2D eigenvalue weighted by Crippen LogP contribution is 1.98. The Morgan fingerprint density at radius 1 is 1.36 bits per heavy atom. The zero-order valence-corrected chi connectivity index (χ0v) is 8.13. The molecule has 0 aromatic rings. The van der Waals surface area contributed by atoms with E-state index < -0.39 is 17.8 Å². The second kappa shape index (κ2) is 7.03. The van der Waals surface area contributed by atoms with Crippen LogP contribution in [-0.2, 0) is 0 Å². The molecule has 0 fully saturated rings. The summed E-state index contributed by atoms with van der Waals surface area (Å²) in [6.45, 7) is -6.03. The minimum absolute atomic E-state index is 0. The fourth-order valence-electron chi connectivity index (χ4n) is 0.665. The molecular formula is C7H18BrNO2. The predicted octanol–water partition coefficient (Wildman–Crippen LogP) is -3.56. The molecule has 0 aliphatic carbocycles. The molecule has 0 unspecified atom stereocenters. The van der Waals surface area contributed by atoms with E-state index in [2.05, 4.69) is 0 Å². The summed E-state index contributed by atoms with van der Waals surface area (Å²) in [5.41, 5.74) is 0. The highest BCUT2D eigenvalue weighted by atomic mass is 79.9. The second-order valence-corrected chi connectivity index (χ2v) is 2.40. The summed E-state index contributed by atoms with van der Waals surface area (Å²) in [5, 5.41) is 17.6. The first kappa shape index (κ1) is 5.91. The summed E-state index contributed by atoms with van der Waals surface area (Å²) in [7, 11) is 1.37. The van der Waals surface area contributed by atoms with Gasteiger partial charge in [0, 0.05) is 4.11 Å². The molecule has 0 heterocycles. The Hall–Kier alpha value is 0.360. The van der Waals surface area contributed by atoms with Crippen molar-refractivity contribution in [1.29, 1.82) is 0 Å². The highest BCUT2D eigenvalue weighted by molar-refractivity contribution is 4.34. The van der Waals surface area contributed by atoms with Gasteiger partial charge < -0.3 is 31.7 Å². The van der Waals surface area contributed by atoms with Crippen LogP contribution < -0.4 is 17.0 Å². The van der Waals surface area contributed by atoms with Gasteiger partial charge in [0.1, 0.15) is 13.1 Å². The van der Waals surface area contributed by atoms with Crippen LogP contribution in [0.1, 0.15) is 13.7 Å². The number of hydrogen-bond acceptors (Lipinski definition) is 2. The number of halogens is 1. The Kier molecular flexibility index (Phi) is 3.78. The fraction of sp³-hybridized carbons (Fsp3) is 1.00. The smallest absolute Gasteiger partial charge is 0.102 e. The van der Waals surface area contributed by atoms with Crippen molar-refractivity contribution in [1.82, 2.24) is 0 Å². The number of aliphatic hydroxyl groups excluding tert-OH is 2. The van der Waals surface area contributed by atoms with Gasteiger partial charge >= 0.3 is 0 Å². The van der Waals surface area contributed by atoms with Crippen LogP contribution in [-0.4, -0.2) is 54.5 Å². The van der Waals surface area contributed by atoms with Gasteiger partial charge in [0.15, 0.2) is 0 Å². The Balaban J connectivity index is 0. The van der Waals surface area contributed by atoms with Crippen LogP contribution in [0.4, 0.5) is 0 Å². The monoisotopic (exact) mass is 232 g/mol. The van der Waals surface area contributed by atoms with Crippen LogP contribution in [0.5, 0.6) is 0 Å². The number of likely N-dealkylation sites (N-methyl/N-ethyl adjacent to an activating group) is 1. The van der Waals surface area contributed by atoms with Crippen LogP contribution in [0.2, 0.25) is 0 Å². The van der Waals surface area contributed by atoms with Crippen LogP contribution in [0, 0.1) is 0 Å². The number of quaternary nitrogens is 1. The lowest BCUT2D eigenvalue weighted by atomic mass is 10.4. The largest absolute Gasteiger partial charge is 1.00 e. The van der Waals surface area contributed by atoms with Gasteiger partial charge in [-0.2, -0.15) is 0 Å². The lowest BCUT2D eigenvalue weighted by Gasteiger charge is -2.31. The summed E-state index contributed by atoms with van der Waals surface area (Å²) < 4.78 is 36.0. The van der Waals surface area contributed by atoms with Crippen molar-refractivity contribution < 1.29 is 38.5 Å². The number of hydrogen-bond donors (Lipinski definition) is 2. The van der Waals surface area contributed by atoms with Gasteiger partial charge in [-0.05, 0) is 6.85 Å². The van der Waals surface area contributed by atoms with Crippen molar-refractivity contribution in [3.63, 3.8) is 0 Å². The van der Waals surface area contributed by atoms with Gasteiger partial charge in [-0.15, -0.1) is 0 Å². The van der Waals surface area contributed by atoms with Crippen LogP contribution in [0.15, 0.2) is 0 Å². The molecular weight excluding hydrogens is 210 g/mol. The van der Waals surface area contributed by atoms with Crippen LogP contribution >= 0.6 is 0 Å². The van der Waals surface area contributed by atoms with E-state index in [0.717, 1.165) is 0 Å². The number of aliphatic hydroxyl groups is 2. The standard InChI is InChI=1S/C7H18NO2.BrH/c1-3-8(2,4-6-9)5-7-10;/h9-10H,3-7H2,1-2H3;1H/q+1;/p-1/i1D3,3D2;. The highest BCUT2D eigenvalue weighted by Gasteiger charge is 2.16. The van der Waals surface area contributed by atoms with Crippen LogP contribution in [0.25, 0.3) is 0 Å². The van der Waals surface area contributed by atoms with Crippen molar-refractivity contribution in [2.24, 2.45) is 0 Å². The molecule has 0 aromatic carbocycles. The SMILES string of the molecule is [2H]C([2H])([2H])C([2H])([2H])[N+](C)(CCO)CCO.[Br-]. The maximum Gasteiger partial charge on any atom is 0.102 e. The molecule has 0 rings (SSSR count). The van der Waals surface area contributed by atoms with Crippen molar-refractivity contribution in [3.8, 4) is 0 Å².